The van der Waals surface area contributed by atoms with Gasteiger partial charge in [-0.1, -0.05) is 22.0 Å². The molecule has 0 spiro atoms. The van der Waals surface area contributed by atoms with Gasteiger partial charge in [0.2, 0.25) is 12.7 Å². The molecule has 0 saturated heterocycles. The summed E-state index contributed by atoms with van der Waals surface area (Å²) < 4.78 is 11.5. The topological polar surface area (TPSA) is 76.7 Å². The predicted molar refractivity (Wildman–Crippen MR) is 95.6 cm³/mol. The average Bonchev–Trinajstić information content (AvgIpc) is 3.08. The largest absolute Gasteiger partial charge is 0.454 e. The van der Waals surface area contributed by atoms with Crippen LogP contribution in [0.2, 0.25) is 0 Å². The molecule has 1 unspecified atom stereocenters. The molecule has 130 valence electrons. The monoisotopic (exact) mass is 404 g/mol. The fourth-order valence-corrected chi connectivity index (χ4v) is 2.69. The quantitative estimate of drug-likeness (QED) is 0.802. The highest BCUT2D eigenvalue weighted by molar-refractivity contribution is 9.10. The first-order valence-corrected chi connectivity index (χ1v) is 8.55. The van der Waals surface area contributed by atoms with Crippen LogP contribution in [0.25, 0.3) is 0 Å². The minimum Gasteiger partial charge on any atom is -0.454 e. The maximum atomic E-state index is 12.1. The number of hydrogen-bond donors (Lipinski definition) is 2. The van der Waals surface area contributed by atoms with Crippen LogP contribution >= 0.6 is 15.9 Å². The third-order valence-electron chi connectivity index (χ3n) is 3.79. The van der Waals surface area contributed by atoms with E-state index in [2.05, 4.69) is 26.6 Å². The fraction of sp³-hybridized carbons (Fsp3) is 0.222. The minimum atomic E-state index is -0.293. The van der Waals surface area contributed by atoms with E-state index in [0.717, 1.165) is 10.0 Å². The zero-order valence-electron chi connectivity index (χ0n) is 13.5. The number of fused-ring (bicyclic) bond motifs is 1. The second-order valence-corrected chi connectivity index (χ2v) is 6.51. The van der Waals surface area contributed by atoms with E-state index in [9.17, 15) is 9.59 Å². The van der Waals surface area contributed by atoms with Gasteiger partial charge in [0.1, 0.15) is 0 Å². The van der Waals surface area contributed by atoms with Gasteiger partial charge in [0, 0.05) is 10.0 Å². The molecule has 1 atom stereocenters. The molecule has 0 bridgehead atoms. The van der Waals surface area contributed by atoms with Crippen LogP contribution in [0.1, 0.15) is 28.9 Å². The summed E-state index contributed by atoms with van der Waals surface area (Å²) in [5, 5.41) is 5.45. The maximum absolute atomic E-state index is 12.1. The highest BCUT2D eigenvalue weighted by Crippen LogP contribution is 2.34. The van der Waals surface area contributed by atoms with E-state index in [1.807, 2.05) is 25.1 Å². The van der Waals surface area contributed by atoms with Gasteiger partial charge in [-0.3, -0.25) is 9.59 Å². The summed E-state index contributed by atoms with van der Waals surface area (Å²) in [6.45, 7) is 1.98. The highest BCUT2D eigenvalue weighted by atomic mass is 79.9. The molecule has 6 nitrogen and oxygen atoms in total. The Hall–Kier alpha value is -2.54. The Kier molecular flexibility index (Phi) is 5.23. The highest BCUT2D eigenvalue weighted by Gasteiger charge is 2.17. The summed E-state index contributed by atoms with van der Waals surface area (Å²) in [6.07, 6.45) is 0. The van der Waals surface area contributed by atoms with Crippen LogP contribution in [0.5, 0.6) is 11.5 Å². The SMILES string of the molecule is CC(NC(=O)CNC(=O)c1ccc(Br)cc1)c1ccc2c(c1)OCO2. The van der Waals surface area contributed by atoms with Crippen LogP contribution in [0.3, 0.4) is 0 Å². The number of carbonyl (C=O) groups is 2. The Morgan fingerprint density at radius 2 is 1.84 bits per heavy atom. The zero-order valence-corrected chi connectivity index (χ0v) is 15.1. The second-order valence-electron chi connectivity index (χ2n) is 5.59. The zero-order chi connectivity index (χ0) is 17.8. The third kappa shape index (κ3) is 4.30. The number of amides is 2. The van der Waals surface area contributed by atoms with E-state index in [-0.39, 0.29) is 31.2 Å². The van der Waals surface area contributed by atoms with Crippen LogP contribution in [0.4, 0.5) is 0 Å². The van der Waals surface area contributed by atoms with Gasteiger partial charge < -0.3 is 20.1 Å². The molecule has 1 aliphatic rings. The van der Waals surface area contributed by atoms with E-state index in [1.54, 1.807) is 24.3 Å². The van der Waals surface area contributed by atoms with Crippen LogP contribution in [-0.2, 0) is 4.79 Å². The van der Waals surface area contributed by atoms with Crippen LogP contribution in [-0.4, -0.2) is 25.2 Å². The number of nitrogens with one attached hydrogen (secondary N) is 2. The van der Waals surface area contributed by atoms with Crippen molar-refractivity contribution in [1.29, 1.82) is 0 Å². The van der Waals surface area contributed by atoms with Gasteiger partial charge in [-0.05, 0) is 48.9 Å². The summed E-state index contributed by atoms with van der Waals surface area (Å²) in [7, 11) is 0. The maximum Gasteiger partial charge on any atom is 0.251 e. The van der Waals surface area contributed by atoms with Gasteiger partial charge in [-0.25, -0.2) is 0 Å². The van der Waals surface area contributed by atoms with Crippen molar-refractivity contribution < 1.29 is 19.1 Å². The van der Waals surface area contributed by atoms with Gasteiger partial charge in [0.25, 0.3) is 5.91 Å². The number of halogens is 1. The first kappa shape index (κ1) is 17.3. The molecule has 0 saturated carbocycles. The van der Waals surface area contributed by atoms with Crippen molar-refractivity contribution in [2.45, 2.75) is 13.0 Å². The van der Waals surface area contributed by atoms with E-state index in [0.29, 0.717) is 17.1 Å². The van der Waals surface area contributed by atoms with E-state index < -0.39 is 0 Å². The van der Waals surface area contributed by atoms with Crippen molar-refractivity contribution >= 4 is 27.7 Å². The number of carbonyl (C=O) groups excluding carboxylic acids is 2. The molecule has 0 fully saturated rings. The Labute approximate surface area is 153 Å². The number of hydrogen-bond acceptors (Lipinski definition) is 4. The Morgan fingerprint density at radius 1 is 1.12 bits per heavy atom. The van der Waals surface area contributed by atoms with Crippen molar-refractivity contribution in [3.8, 4) is 11.5 Å². The molecular weight excluding hydrogens is 388 g/mol. The number of rotatable bonds is 5. The number of benzene rings is 2. The molecule has 25 heavy (non-hydrogen) atoms. The lowest BCUT2D eigenvalue weighted by Crippen LogP contribution is -2.38. The predicted octanol–water partition coefficient (Wildman–Crippen LogP) is 2.79. The van der Waals surface area contributed by atoms with Gasteiger partial charge >= 0.3 is 0 Å². The van der Waals surface area contributed by atoms with Gasteiger partial charge in [0.05, 0.1) is 12.6 Å². The first-order chi connectivity index (χ1) is 12.0. The molecule has 2 aromatic rings. The van der Waals surface area contributed by atoms with Crippen LogP contribution in [0, 0.1) is 0 Å². The van der Waals surface area contributed by atoms with E-state index >= 15 is 0 Å². The van der Waals surface area contributed by atoms with Crippen molar-refractivity contribution in [2.75, 3.05) is 13.3 Å². The average molecular weight is 405 g/mol. The molecular formula is C18H17BrN2O4. The van der Waals surface area contributed by atoms with E-state index in [4.69, 9.17) is 9.47 Å². The van der Waals surface area contributed by atoms with Crippen molar-refractivity contribution in [1.82, 2.24) is 10.6 Å². The molecule has 3 rings (SSSR count). The van der Waals surface area contributed by atoms with Crippen LogP contribution in [0.15, 0.2) is 46.9 Å². The Morgan fingerprint density at radius 3 is 2.60 bits per heavy atom. The summed E-state index contributed by atoms with van der Waals surface area (Å²) in [4.78, 5) is 24.1. The normalized spacial score (nSPS) is 13.2. The fourth-order valence-electron chi connectivity index (χ4n) is 2.42. The van der Waals surface area contributed by atoms with Gasteiger partial charge in [-0.15, -0.1) is 0 Å². The minimum absolute atomic E-state index is 0.0935. The summed E-state index contributed by atoms with van der Waals surface area (Å²) in [5.74, 6) is 0.806. The molecule has 0 aromatic heterocycles. The van der Waals surface area contributed by atoms with Crippen molar-refractivity contribution in [3.05, 3.63) is 58.1 Å². The summed E-state index contributed by atoms with van der Waals surface area (Å²) in [5.41, 5.74) is 1.40. The lowest BCUT2D eigenvalue weighted by molar-refractivity contribution is -0.120. The van der Waals surface area contributed by atoms with Crippen molar-refractivity contribution in [2.24, 2.45) is 0 Å². The number of ether oxygens (including phenoxy) is 2. The third-order valence-corrected chi connectivity index (χ3v) is 4.32. The molecule has 0 aliphatic carbocycles. The lowest BCUT2D eigenvalue weighted by Gasteiger charge is -2.15. The molecule has 1 aliphatic heterocycles. The molecule has 2 aromatic carbocycles. The Bertz CT molecular complexity index is 792. The standard InChI is InChI=1S/C18H17BrN2O4/c1-11(13-4-7-15-16(8-13)25-10-24-15)21-17(22)9-20-18(23)12-2-5-14(19)6-3-12/h2-8,11H,9-10H2,1H3,(H,20,23)(H,21,22). The summed E-state index contributed by atoms with van der Waals surface area (Å²) in [6, 6.07) is 12.2. The molecule has 2 N–H and O–H groups in total. The summed E-state index contributed by atoms with van der Waals surface area (Å²) >= 11 is 3.31. The molecule has 1 heterocycles. The van der Waals surface area contributed by atoms with Crippen molar-refractivity contribution in [3.63, 3.8) is 0 Å². The lowest BCUT2D eigenvalue weighted by atomic mass is 10.1. The molecule has 0 radical (unpaired) electrons. The smallest absolute Gasteiger partial charge is 0.251 e. The van der Waals surface area contributed by atoms with Crippen LogP contribution < -0.4 is 20.1 Å². The Balaban J connectivity index is 1.52. The van der Waals surface area contributed by atoms with Gasteiger partial charge in [-0.2, -0.15) is 0 Å². The molecule has 2 amide bonds. The first-order valence-electron chi connectivity index (χ1n) is 7.75. The second kappa shape index (κ2) is 7.57. The van der Waals surface area contributed by atoms with Gasteiger partial charge in [0.15, 0.2) is 11.5 Å². The molecule has 7 heteroatoms. The van der Waals surface area contributed by atoms with E-state index in [1.165, 1.54) is 0 Å².